The van der Waals surface area contributed by atoms with Gasteiger partial charge in [-0.3, -0.25) is 0 Å². The Bertz CT molecular complexity index is 787. The van der Waals surface area contributed by atoms with Gasteiger partial charge in [-0.05, 0) is 23.8 Å². The van der Waals surface area contributed by atoms with Crippen LogP contribution in [0, 0.1) is 0 Å². The largest absolute Gasteiger partial charge is 0.493 e. The van der Waals surface area contributed by atoms with Crippen molar-refractivity contribution in [2.24, 2.45) is 5.73 Å². The van der Waals surface area contributed by atoms with Gasteiger partial charge < -0.3 is 19.7 Å². The van der Waals surface area contributed by atoms with Crippen LogP contribution in [0.1, 0.15) is 11.5 Å². The van der Waals surface area contributed by atoms with Gasteiger partial charge in [-0.1, -0.05) is 35.5 Å². The SMILES string of the molecule is COc1cc(-c2noc(CCN)n2)ccc1OCc1ccccc1. The maximum absolute atomic E-state index is 5.84. The normalized spacial score (nSPS) is 10.6. The highest BCUT2D eigenvalue weighted by Crippen LogP contribution is 2.32. The molecule has 0 radical (unpaired) electrons. The van der Waals surface area contributed by atoms with Crippen molar-refractivity contribution in [1.82, 2.24) is 10.1 Å². The van der Waals surface area contributed by atoms with Gasteiger partial charge in [-0.2, -0.15) is 4.98 Å². The van der Waals surface area contributed by atoms with Crippen LogP contribution in [-0.2, 0) is 13.0 Å². The van der Waals surface area contributed by atoms with Crippen LogP contribution >= 0.6 is 0 Å². The van der Waals surface area contributed by atoms with Gasteiger partial charge in [-0.25, -0.2) is 0 Å². The third-order valence-electron chi connectivity index (χ3n) is 3.49. The van der Waals surface area contributed by atoms with Crippen molar-refractivity contribution < 1.29 is 14.0 Å². The second kappa shape index (κ2) is 7.61. The van der Waals surface area contributed by atoms with Crippen molar-refractivity contribution in [1.29, 1.82) is 0 Å². The summed E-state index contributed by atoms with van der Waals surface area (Å²) < 4.78 is 16.4. The second-order valence-corrected chi connectivity index (χ2v) is 5.19. The molecule has 6 nitrogen and oxygen atoms in total. The van der Waals surface area contributed by atoms with Crippen LogP contribution in [0.4, 0.5) is 0 Å². The summed E-state index contributed by atoms with van der Waals surface area (Å²) in [4.78, 5) is 4.31. The van der Waals surface area contributed by atoms with Gasteiger partial charge in [-0.15, -0.1) is 0 Å². The number of methoxy groups -OCH3 is 1. The monoisotopic (exact) mass is 325 g/mol. The zero-order valence-electron chi connectivity index (χ0n) is 13.4. The van der Waals surface area contributed by atoms with Crippen molar-refractivity contribution in [3.05, 3.63) is 60.0 Å². The van der Waals surface area contributed by atoms with E-state index in [0.29, 0.717) is 42.8 Å². The van der Waals surface area contributed by atoms with Crippen LogP contribution in [0.3, 0.4) is 0 Å². The molecule has 0 aliphatic carbocycles. The van der Waals surface area contributed by atoms with E-state index in [0.717, 1.165) is 11.1 Å². The highest BCUT2D eigenvalue weighted by atomic mass is 16.5. The van der Waals surface area contributed by atoms with Gasteiger partial charge in [0.1, 0.15) is 6.61 Å². The summed E-state index contributed by atoms with van der Waals surface area (Å²) in [7, 11) is 1.60. The molecule has 1 heterocycles. The molecule has 1 aromatic heterocycles. The minimum atomic E-state index is 0.469. The molecule has 0 bridgehead atoms. The summed E-state index contributed by atoms with van der Waals surface area (Å²) >= 11 is 0. The standard InChI is InChI=1S/C18H19N3O3/c1-22-16-11-14(18-20-17(9-10-19)24-21-18)7-8-15(16)23-12-13-5-3-2-4-6-13/h2-8,11H,9-10,12,19H2,1H3. The molecule has 2 N–H and O–H groups in total. The van der Waals surface area contributed by atoms with Gasteiger partial charge in [0.15, 0.2) is 11.5 Å². The van der Waals surface area contributed by atoms with Gasteiger partial charge in [0.2, 0.25) is 11.7 Å². The fourth-order valence-electron chi connectivity index (χ4n) is 2.26. The molecule has 0 aliphatic heterocycles. The maximum atomic E-state index is 5.84. The lowest BCUT2D eigenvalue weighted by Gasteiger charge is -2.11. The summed E-state index contributed by atoms with van der Waals surface area (Å²) in [6, 6.07) is 15.5. The quantitative estimate of drug-likeness (QED) is 0.719. The van der Waals surface area contributed by atoms with Crippen molar-refractivity contribution in [3.63, 3.8) is 0 Å². The molecular weight excluding hydrogens is 306 g/mol. The molecule has 3 rings (SSSR count). The van der Waals surface area contributed by atoms with Crippen LogP contribution in [-0.4, -0.2) is 23.8 Å². The summed E-state index contributed by atoms with van der Waals surface area (Å²) in [6.45, 7) is 0.941. The Hall–Kier alpha value is -2.86. The van der Waals surface area contributed by atoms with E-state index >= 15 is 0 Å². The van der Waals surface area contributed by atoms with E-state index in [-0.39, 0.29) is 0 Å². The van der Waals surface area contributed by atoms with Crippen molar-refractivity contribution in [2.45, 2.75) is 13.0 Å². The summed E-state index contributed by atoms with van der Waals surface area (Å²) in [5.41, 5.74) is 7.38. The molecule has 0 unspecified atom stereocenters. The summed E-state index contributed by atoms with van der Waals surface area (Å²) in [5.74, 6) is 2.31. The van der Waals surface area contributed by atoms with Gasteiger partial charge in [0.25, 0.3) is 0 Å². The molecule has 0 spiro atoms. The van der Waals surface area contributed by atoms with E-state index in [1.165, 1.54) is 0 Å². The van der Waals surface area contributed by atoms with E-state index in [9.17, 15) is 0 Å². The minimum Gasteiger partial charge on any atom is -0.493 e. The van der Waals surface area contributed by atoms with Gasteiger partial charge in [0.05, 0.1) is 7.11 Å². The first-order valence-corrected chi connectivity index (χ1v) is 7.68. The van der Waals surface area contributed by atoms with E-state index in [1.807, 2.05) is 48.5 Å². The van der Waals surface area contributed by atoms with Crippen molar-refractivity contribution in [2.75, 3.05) is 13.7 Å². The molecule has 0 saturated carbocycles. The number of nitrogens with two attached hydrogens (primary N) is 1. The lowest BCUT2D eigenvalue weighted by atomic mass is 10.2. The first-order valence-electron chi connectivity index (χ1n) is 7.68. The number of hydrogen-bond donors (Lipinski definition) is 1. The topological polar surface area (TPSA) is 83.4 Å². The molecule has 24 heavy (non-hydrogen) atoms. The number of hydrogen-bond acceptors (Lipinski definition) is 6. The Labute approximate surface area is 140 Å². The average Bonchev–Trinajstić information content (AvgIpc) is 3.10. The van der Waals surface area contributed by atoms with Crippen LogP contribution in [0.25, 0.3) is 11.4 Å². The third-order valence-corrected chi connectivity index (χ3v) is 3.49. The van der Waals surface area contributed by atoms with Gasteiger partial charge in [0, 0.05) is 18.5 Å². The highest BCUT2D eigenvalue weighted by molar-refractivity contribution is 5.60. The van der Waals surface area contributed by atoms with E-state index in [2.05, 4.69) is 10.1 Å². The first kappa shape index (κ1) is 16.0. The molecule has 124 valence electrons. The molecule has 0 amide bonds. The van der Waals surface area contributed by atoms with Crippen LogP contribution < -0.4 is 15.2 Å². The van der Waals surface area contributed by atoms with E-state index in [1.54, 1.807) is 7.11 Å². The number of rotatable bonds is 7. The Kier molecular flexibility index (Phi) is 5.08. The summed E-state index contributed by atoms with van der Waals surface area (Å²) in [5, 5.41) is 3.97. The Morgan fingerprint density at radius 1 is 1.08 bits per heavy atom. The minimum absolute atomic E-state index is 0.469. The molecule has 0 fully saturated rings. The summed E-state index contributed by atoms with van der Waals surface area (Å²) in [6.07, 6.45) is 0.558. The van der Waals surface area contributed by atoms with E-state index < -0.39 is 0 Å². The highest BCUT2D eigenvalue weighted by Gasteiger charge is 2.12. The average molecular weight is 325 g/mol. The Morgan fingerprint density at radius 3 is 2.67 bits per heavy atom. The number of benzene rings is 2. The van der Waals surface area contributed by atoms with Crippen molar-refractivity contribution in [3.8, 4) is 22.9 Å². The maximum Gasteiger partial charge on any atom is 0.228 e. The smallest absolute Gasteiger partial charge is 0.228 e. The molecule has 2 aromatic carbocycles. The fourth-order valence-corrected chi connectivity index (χ4v) is 2.26. The second-order valence-electron chi connectivity index (χ2n) is 5.19. The van der Waals surface area contributed by atoms with E-state index in [4.69, 9.17) is 19.7 Å². The molecule has 0 aliphatic rings. The molecule has 6 heteroatoms. The predicted octanol–water partition coefficient (Wildman–Crippen LogP) is 2.83. The number of ether oxygens (including phenoxy) is 2. The Morgan fingerprint density at radius 2 is 1.92 bits per heavy atom. The first-order chi connectivity index (χ1) is 11.8. The molecular formula is C18H19N3O3. The van der Waals surface area contributed by atoms with Crippen LogP contribution in [0.15, 0.2) is 53.1 Å². The number of aromatic nitrogens is 2. The van der Waals surface area contributed by atoms with Crippen LogP contribution in [0.2, 0.25) is 0 Å². The van der Waals surface area contributed by atoms with Crippen LogP contribution in [0.5, 0.6) is 11.5 Å². The van der Waals surface area contributed by atoms with Gasteiger partial charge >= 0.3 is 0 Å². The lowest BCUT2D eigenvalue weighted by Crippen LogP contribution is -2.02. The predicted molar refractivity (Wildman–Crippen MR) is 89.8 cm³/mol. The molecule has 3 aromatic rings. The zero-order chi connectivity index (χ0) is 16.8. The molecule has 0 atom stereocenters. The number of nitrogens with zero attached hydrogens (tertiary/aromatic N) is 2. The Balaban J connectivity index is 1.77. The molecule has 0 saturated heterocycles. The fraction of sp³-hybridized carbons (Fsp3) is 0.222. The van der Waals surface area contributed by atoms with Crippen molar-refractivity contribution >= 4 is 0 Å². The lowest BCUT2D eigenvalue weighted by molar-refractivity contribution is 0.284. The third kappa shape index (κ3) is 3.72. The zero-order valence-corrected chi connectivity index (χ0v) is 13.4.